The van der Waals surface area contributed by atoms with E-state index < -0.39 is 10.0 Å². The normalized spacial score (nSPS) is 21.1. The smallest absolute Gasteiger partial charge is 0.243 e. The molecule has 1 amide bonds. The molecule has 0 bridgehead atoms. The average Bonchev–Trinajstić information content (AvgIpc) is 3.30. The standard InChI is InChI=1S/C16H26N2O2S.C5H9NOS/c1-4-14(13(3)17)10-9-12(2)18-11-15-7-5-6-8-16(15)21(18,19)20;1-5(7)6-2-3-8-4-6/h5-8,12-14H,4,9-11,17H2,1-3H3;2-4H2,1H3/t12-,13?,14?;/m1./s1. The molecule has 1 aromatic carbocycles. The first kappa shape index (κ1) is 24.2. The van der Waals surface area contributed by atoms with Gasteiger partial charge in [0.1, 0.15) is 0 Å². The van der Waals surface area contributed by atoms with Crippen molar-refractivity contribution in [2.24, 2.45) is 11.7 Å². The summed E-state index contributed by atoms with van der Waals surface area (Å²) < 4.78 is 26.8. The molecule has 29 heavy (non-hydrogen) atoms. The summed E-state index contributed by atoms with van der Waals surface area (Å²) in [6, 6.07) is 7.45. The van der Waals surface area contributed by atoms with Gasteiger partial charge in [0, 0.05) is 37.8 Å². The van der Waals surface area contributed by atoms with Crippen LogP contribution in [0.1, 0.15) is 52.5 Å². The molecule has 0 saturated carbocycles. The Morgan fingerprint density at radius 3 is 2.41 bits per heavy atom. The molecule has 1 fully saturated rings. The van der Waals surface area contributed by atoms with Crippen LogP contribution in [0.15, 0.2) is 29.2 Å². The second-order valence-electron chi connectivity index (χ2n) is 7.93. The first-order valence-corrected chi connectivity index (χ1v) is 13.0. The van der Waals surface area contributed by atoms with E-state index in [2.05, 4.69) is 6.92 Å². The number of carbonyl (C=O) groups is 1. The largest absolute Gasteiger partial charge is 0.333 e. The van der Waals surface area contributed by atoms with E-state index in [9.17, 15) is 13.2 Å². The SMILES string of the molecule is CC(=O)N1CCSC1.CCC(CC[C@@H](C)N1Cc2ccccc2S1(=O)=O)C(C)N. The maximum Gasteiger partial charge on any atom is 0.243 e. The van der Waals surface area contributed by atoms with E-state index in [-0.39, 0.29) is 18.0 Å². The molecule has 0 aliphatic carbocycles. The van der Waals surface area contributed by atoms with Crippen molar-refractivity contribution in [3.05, 3.63) is 29.8 Å². The Bertz CT molecular complexity index is 777. The molecule has 2 unspecified atom stereocenters. The molecule has 1 saturated heterocycles. The first-order chi connectivity index (χ1) is 13.7. The Hall–Kier alpha value is -1.09. The number of nitrogens with zero attached hydrogens (tertiary/aromatic N) is 2. The van der Waals surface area contributed by atoms with Crippen LogP contribution in [0, 0.1) is 5.92 Å². The molecule has 2 aliphatic heterocycles. The number of amides is 1. The first-order valence-electron chi connectivity index (χ1n) is 10.4. The van der Waals surface area contributed by atoms with E-state index in [1.807, 2.05) is 42.6 Å². The van der Waals surface area contributed by atoms with E-state index in [0.717, 1.165) is 43.0 Å². The molecular formula is C21H35N3O3S2. The van der Waals surface area contributed by atoms with Crippen LogP contribution in [-0.4, -0.2) is 53.8 Å². The number of rotatable bonds is 6. The molecule has 0 spiro atoms. The number of nitrogens with two attached hydrogens (primary N) is 1. The topological polar surface area (TPSA) is 83.7 Å². The third-order valence-electron chi connectivity index (χ3n) is 5.80. The van der Waals surface area contributed by atoms with Crippen molar-refractivity contribution in [2.45, 2.75) is 70.5 Å². The zero-order valence-corrected chi connectivity index (χ0v) is 19.6. The molecule has 1 aromatic rings. The maximum absolute atomic E-state index is 12.6. The van der Waals surface area contributed by atoms with Crippen molar-refractivity contribution in [1.82, 2.24) is 9.21 Å². The Labute approximate surface area is 180 Å². The van der Waals surface area contributed by atoms with E-state index in [4.69, 9.17) is 5.73 Å². The van der Waals surface area contributed by atoms with Gasteiger partial charge in [0.2, 0.25) is 15.9 Å². The third-order valence-corrected chi connectivity index (χ3v) is 8.82. The van der Waals surface area contributed by atoms with Gasteiger partial charge < -0.3 is 10.6 Å². The van der Waals surface area contributed by atoms with E-state index >= 15 is 0 Å². The van der Waals surface area contributed by atoms with Gasteiger partial charge in [-0.05, 0) is 44.2 Å². The van der Waals surface area contributed by atoms with Crippen molar-refractivity contribution in [3.8, 4) is 0 Å². The van der Waals surface area contributed by atoms with Gasteiger partial charge in [-0.1, -0.05) is 31.5 Å². The number of carbonyl (C=O) groups excluding carboxylic acids is 1. The monoisotopic (exact) mass is 441 g/mol. The highest BCUT2D eigenvalue weighted by Gasteiger charge is 2.37. The highest BCUT2D eigenvalue weighted by Crippen LogP contribution is 2.33. The predicted octanol–water partition coefficient (Wildman–Crippen LogP) is 3.27. The summed E-state index contributed by atoms with van der Waals surface area (Å²) in [5.41, 5.74) is 6.88. The minimum absolute atomic E-state index is 0.00944. The van der Waals surface area contributed by atoms with Gasteiger partial charge in [0.25, 0.3) is 0 Å². The van der Waals surface area contributed by atoms with E-state index in [0.29, 0.717) is 17.4 Å². The molecule has 2 heterocycles. The van der Waals surface area contributed by atoms with E-state index in [1.54, 1.807) is 23.4 Å². The molecule has 0 radical (unpaired) electrons. The van der Waals surface area contributed by atoms with Gasteiger partial charge in [-0.25, -0.2) is 8.42 Å². The number of fused-ring (bicyclic) bond motifs is 1. The molecule has 6 nitrogen and oxygen atoms in total. The Balaban J connectivity index is 0.000000313. The van der Waals surface area contributed by atoms with E-state index in [1.165, 1.54) is 0 Å². The molecule has 2 N–H and O–H groups in total. The molecule has 3 atom stereocenters. The van der Waals surface area contributed by atoms with Gasteiger partial charge in [0.05, 0.1) is 10.8 Å². The van der Waals surface area contributed by atoms with Crippen LogP contribution in [0.25, 0.3) is 0 Å². The van der Waals surface area contributed by atoms with Crippen molar-refractivity contribution >= 4 is 27.7 Å². The van der Waals surface area contributed by atoms with Gasteiger partial charge in [-0.2, -0.15) is 4.31 Å². The average molecular weight is 442 g/mol. The van der Waals surface area contributed by atoms with Crippen molar-refractivity contribution in [2.75, 3.05) is 18.2 Å². The summed E-state index contributed by atoms with van der Waals surface area (Å²) in [5.74, 6) is 2.67. The van der Waals surface area contributed by atoms with Crippen molar-refractivity contribution in [3.63, 3.8) is 0 Å². The lowest BCUT2D eigenvalue weighted by Crippen LogP contribution is -2.35. The number of sulfonamides is 1. The van der Waals surface area contributed by atoms with Crippen LogP contribution in [0.4, 0.5) is 0 Å². The highest BCUT2D eigenvalue weighted by atomic mass is 32.2. The summed E-state index contributed by atoms with van der Waals surface area (Å²) >= 11 is 1.82. The van der Waals surface area contributed by atoms with Gasteiger partial charge in [-0.15, -0.1) is 11.8 Å². The van der Waals surface area contributed by atoms with Crippen LogP contribution in [-0.2, 0) is 21.4 Å². The quantitative estimate of drug-likeness (QED) is 0.732. The maximum atomic E-state index is 12.6. The molecule has 0 aromatic heterocycles. The number of hydrogen-bond acceptors (Lipinski definition) is 5. The number of thioether (sulfide) groups is 1. The van der Waals surface area contributed by atoms with Gasteiger partial charge >= 0.3 is 0 Å². The van der Waals surface area contributed by atoms with Crippen LogP contribution < -0.4 is 5.73 Å². The minimum Gasteiger partial charge on any atom is -0.333 e. The summed E-state index contributed by atoms with van der Waals surface area (Å²) in [7, 11) is -3.32. The van der Waals surface area contributed by atoms with Crippen molar-refractivity contribution in [1.29, 1.82) is 0 Å². The van der Waals surface area contributed by atoms with Crippen LogP contribution >= 0.6 is 11.8 Å². The summed E-state index contributed by atoms with van der Waals surface area (Å²) in [5, 5.41) is 0. The lowest BCUT2D eigenvalue weighted by molar-refractivity contribution is -0.127. The zero-order chi connectivity index (χ0) is 21.6. The van der Waals surface area contributed by atoms with Crippen LogP contribution in [0.5, 0.6) is 0 Å². The molecule has 164 valence electrons. The van der Waals surface area contributed by atoms with Crippen LogP contribution in [0.2, 0.25) is 0 Å². The molecule has 8 heteroatoms. The number of benzene rings is 1. The molecule has 2 aliphatic rings. The minimum atomic E-state index is -3.32. The summed E-state index contributed by atoms with van der Waals surface area (Å²) in [6.07, 6.45) is 2.86. The number of hydrogen-bond donors (Lipinski definition) is 1. The fourth-order valence-electron chi connectivity index (χ4n) is 3.76. The zero-order valence-electron chi connectivity index (χ0n) is 18.0. The lowest BCUT2D eigenvalue weighted by atomic mass is 9.92. The van der Waals surface area contributed by atoms with Gasteiger partial charge in [0.15, 0.2) is 0 Å². The van der Waals surface area contributed by atoms with Gasteiger partial charge in [-0.3, -0.25) is 4.79 Å². The Morgan fingerprint density at radius 1 is 1.24 bits per heavy atom. The second kappa shape index (κ2) is 10.8. The summed E-state index contributed by atoms with van der Waals surface area (Å²) in [6.45, 7) is 9.22. The fourth-order valence-corrected chi connectivity index (χ4v) is 6.62. The van der Waals surface area contributed by atoms with Crippen molar-refractivity contribution < 1.29 is 13.2 Å². The van der Waals surface area contributed by atoms with Crippen LogP contribution in [0.3, 0.4) is 0 Å². The predicted molar refractivity (Wildman–Crippen MR) is 120 cm³/mol. The summed E-state index contributed by atoms with van der Waals surface area (Å²) in [4.78, 5) is 12.9. The Kier molecular flexibility index (Phi) is 9.00. The Morgan fingerprint density at radius 2 is 1.93 bits per heavy atom. The lowest BCUT2D eigenvalue weighted by Gasteiger charge is -2.26. The molecule has 3 rings (SSSR count). The molecular weight excluding hydrogens is 406 g/mol. The fraction of sp³-hybridized carbons (Fsp3) is 0.667. The second-order valence-corrected chi connectivity index (χ2v) is 10.9. The third kappa shape index (κ3) is 6.20. The highest BCUT2D eigenvalue weighted by molar-refractivity contribution is 7.99.